The van der Waals surface area contributed by atoms with Gasteiger partial charge in [-0.25, -0.2) is 8.42 Å². The standard InChI is InChI=1S/C17H22N2O3S/c1-17(20,13-19(2)12-14-5-4-10-18-11-14)15-6-8-16(9-7-15)23(3,21)22/h4-11,20H,12-13H2,1-3H3/t17-/m0/s1. The molecule has 124 valence electrons. The van der Waals surface area contributed by atoms with Gasteiger partial charge in [0, 0.05) is 31.7 Å². The third-order valence-corrected chi connectivity index (χ3v) is 4.79. The summed E-state index contributed by atoms with van der Waals surface area (Å²) in [6, 6.07) is 10.2. The van der Waals surface area contributed by atoms with Gasteiger partial charge in [0.1, 0.15) is 0 Å². The average Bonchev–Trinajstić information content (AvgIpc) is 2.47. The Labute approximate surface area is 137 Å². The molecular weight excluding hydrogens is 312 g/mol. The average molecular weight is 334 g/mol. The summed E-state index contributed by atoms with van der Waals surface area (Å²) in [5.41, 5.74) is 0.675. The fraction of sp³-hybridized carbons (Fsp3) is 0.353. The number of benzene rings is 1. The van der Waals surface area contributed by atoms with Crippen LogP contribution in [0.5, 0.6) is 0 Å². The van der Waals surface area contributed by atoms with Crippen LogP contribution in [0, 0.1) is 0 Å². The number of rotatable bonds is 6. The van der Waals surface area contributed by atoms with E-state index >= 15 is 0 Å². The molecule has 2 rings (SSSR count). The minimum atomic E-state index is -3.23. The molecule has 0 amide bonds. The van der Waals surface area contributed by atoms with E-state index < -0.39 is 15.4 Å². The topological polar surface area (TPSA) is 70.5 Å². The summed E-state index contributed by atoms with van der Waals surface area (Å²) >= 11 is 0. The molecule has 23 heavy (non-hydrogen) atoms. The molecule has 0 saturated carbocycles. The lowest BCUT2D eigenvalue weighted by atomic mass is 9.95. The molecule has 0 unspecified atom stereocenters. The molecule has 0 spiro atoms. The second kappa shape index (κ2) is 6.78. The van der Waals surface area contributed by atoms with Crippen molar-refractivity contribution in [2.75, 3.05) is 19.8 Å². The van der Waals surface area contributed by atoms with Crippen molar-refractivity contribution in [1.82, 2.24) is 9.88 Å². The predicted octanol–water partition coefficient (Wildman–Crippen LogP) is 1.82. The summed E-state index contributed by atoms with van der Waals surface area (Å²) in [4.78, 5) is 6.33. The molecule has 1 aromatic carbocycles. The number of hydrogen-bond acceptors (Lipinski definition) is 5. The maximum absolute atomic E-state index is 11.5. The predicted molar refractivity (Wildman–Crippen MR) is 89.7 cm³/mol. The van der Waals surface area contributed by atoms with Gasteiger partial charge in [0.05, 0.1) is 10.5 Å². The zero-order valence-electron chi connectivity index (χ0n) is 13.6. The van der Waals surface area contributed by atoms with Crippen LogP contribution < -0.4 is 0 Å². The lowest BCUT2D eigenvalue weighted by molar-refractivity contribution is 0.0213. The molecule has 0 fully saturated rings. The molecule has 1 aromatic heterocycles. The van der Waals surface area contributed by atoms with Crippen molar-refractivity contribution in [3.63, 3.8) is 0 Å². The van der Waals surface area contributed by atoms with E-state index in [2.05, 4.69) is 4.98 Å². The van der Waals surface area contributed by atoms with Crippen molar-refractivity contribution in [1.29, 1.82) is 0 Å². The Bertz CT molecular complexity index is 741. The molecule has 1 atom stereocenters. The van der Waals surface area contributed by atoms with Crippen LogP contribution in [0.4, 0.5) is 0 Å². The zero-order valence-corrected chi connectivity index (χ0v) is 14.4. The molecule has 2 aromatic rings. The first-order valence-corrected chi connectivity index (χ1v) is 9.18. The normalized spacial score (nSPS) is 14.7. The highest BCUT2D eigenvalue weighted by atomic mass is 32.2. The fourth-order valence-electron chi connectivity index (χ4n) is 2.54. The van der Waals surface area contributed by atoms with Crippen LogP contribution in [0.25, 0.3) is 0 Å². The Morgan fingerprint density at radius 3 is 2.39 bits per heavy atom. The number of likely N-dealkylation sites (N-methyl/N-ethyl adjacent to an activating group) is 1. The molecule has 0 radical (unpaired) electrons. The first-order valence-electron chi connectivity index (χ1n) is 7.29. The SMILES string of the molecule is CN(Cc1cccnc1)C[C@](C)(O)c1ccc(S(C)(=O)=O)cc1. The van der Waals surface area contributed by atoms with Gasteiger partial charge in [-0.2, -0.15) is 0 Å². The second-order valence-corrected chi connectivity index (χ2v) is 8.12. The molecule has 0 aliphatic carbocycles. The minimum absolute atomic E-state index is 0.251. The van der Waals surface area contributed by atoms with Crippen molar-refractivity contribution >= 4 is 9.84 Å². The summed E-state index contributed by atoms with van der Waals surface area (Å²) in [7, 11) is -1.30. The molecule has 0 saturated heterocycles. The quantitative estimate of drug-likeness (QED) is 0.873. The van der Waals surface area contributed by atoms with E-state index in [0.29, 0.717) is 18.7 Å². The first-order chi connectivity index (χ1) is 10.7. The number of sulfone groups is 1. The van der Waals surface area contributed by atoms with E-state index in [1.165, 1.54) is 18.4 Å². The van der Waals surface area contributed by atoms with Gasteiger partial charge < -0.3 is 5.11 Å². The van der Waals surface area contributed by atoms with E-state index in [1.807, 2.05) is 24.1 Å². The van der Waals surface area contributed by atoms with Crippen molar-refractivity contribution in [2.45, 2.75) is 24.0 Å². The smallest absolute Gasteiger partial charge is 0.175 e. The molecule has 0 aliphatic heterocycles. The van der Waals surface area contributed by atoms with Crippen molar-refractivity contribution in [3.8, 4) is 0 Å². The fourth-order valence-corrected chi connectivity index (χ4v) is 3.17. The Morgan fingerprint density at radius 2 is 1.87 bits per heavy atom. The third kappa shape index (κ3) is 4.86. The second-order valence-electron chi connectivity index (χ2n) is 6.10. The van der Waals surface area contributed by atoms with Crippen molar-refractivity contribution in [3.05, 3.63) is 59.9 Å². The summed E-state index contributed by atoms with van der Waals surface area (Å²) in [6.07, 6.45) is 4.69. The molecule has 0 bridgehead atoms. The van der Waals surface area contributed by atoms with Crippen LogP contribution in [0.3, 0.4) is 0 Å². The van der Waals surface area contributed by atoms with E-state index in [1.54, 1.807) is 31.5 Å². The van der Waals surface area contributed by atoms with Crippen LogP contribution in [-0.2, 0) is 22.0 Å². The highest BCUT2D eigenvalue weighted by Gasteiger charge is 2.25. The summed E-state index contributed by atoms with van der Waals surface area (Å²) in [6.45, 7) is 2.81. The lowest BCUT2D eigenvalue weighted by Crippen LogP contribution is -2.36. The van der Waals surface area contributed by atoms with Gasteiger partial charge in [-0.3, -0.25) is 9.88 Å². The molecule has 0 aliphatic rings. The zero-order chi connectivity index (χ0) is 17.1. The number of aromatic nitrogens is 1. The highest BCUT2D eigenvalue weighted by molar-refractivity contribution is 7.90. The van der Waals surface area contributed by atoms with Gasteiger partial charge in [0.15, 0.2) is 9.84 Å². The van der Waals surface area contributed by atoms with Gasteiger partial charge in [-0.15, -0.1) is 0 Å². The number of aliphatic hydroxyl groups is 1. The largest absolute Gasteiger partial charge is 0.384 e. The van der Waals surface area contributed by atoms with Gasteiger partial charge in [-0.05, 0) is 43.3 Å². The monoisotopic (exact) mass is 334 g/mol. The number of pyridine rings is 1. The van der Waals surface area contributed by atoms with E-state index in [4.69, 9.17) is 0 Å². The molecule has 6 heteroatoms. The summed E-state index contributed by atoms with van der Waals surface area (Å²) < 4.78 is 23.0. The van der Waals surface area contributed by atoms with Gasteiger partial charge >= 0.3 is 0 Å². The van der Waals surface area contributed by atoms with Gasteiger partial charge in [-0.1, -0.05) is 18.2 Å². The maximum Gasteiger partial charge on any atom is 0.175 e. The maximum atomic E-state index is 11.5. The van der Waals surface area contributed by atoms with E-state index in [-0.39, 0.29) is 4.90 Å². The Hall–Kier alpha value is -1.76. The van der Waals surface area contributed by atoms with Gasteiger partial charge in [0.2, 0.25) is 0 Å². The summed E-state index contributed by atoms with van der Waals surface area (Å²) in [5.74, 6) is 0. The van der Waals surface area contributed by atoms with Gasteiger partial charge in [0.25, 0.3) is 0 Å². The van der Waals surface area contributed by atoms with Crippen LogP contribution in [0.1, 0.15) is 18.1 Å². The molecule has 5 nitrogen and oxygen atoms in total. The minimum Gasteiger partial charge on any atom is -0.384 e. The van der Waals surface area contributed by atoms with Crippen molar-refractivity contribution < 1.29 is 13.5 Å². The molecule has 1 N–H and O–H groups in total. The number of hydrogen-bond donors (Lipinski definition) is 1. The first kappa shape index (κ1) is 17.6. The van der Waals surface area contributed by atoms with Crippen molar-refractivity contribution in [2.24, 2.45) is 0 Å². The highest BCUT2D eigenvalue weighted by Crippen LogP contribution is 2.23. The van der Waals surface area contributed by atoms with Crippen LogP contribution >= 0.6 is 0 Å². The van der Waals surface area contributed by atoms with Crippen LogP contribution in [-0.4, -0.2) is 43.3 Å². The van der Waals surface area contributed by atoms with Crippen LogP contribution in [0.15, 0.2) is 53.7 Å². The Morgan fingerprint density at radius 1 is 1.22 bits per heavy atom. The molecule has 1 heterocycles. The molecular formula is C17H22N2O3S. The lowest BCUT2D eigenvalue weighted by Gasteiger charge is -2.29. The Balaban J connectivity index is 2.08. The summed E-state index contributed by atoms with van der Waals surface area (Å²) in [5, 5.41) is 10.7. The number of nitrogens with zero attached hydrogens (tertiary/aromatic N) is 2. The van der Waals surface area contributed by atoms with E-state index in [9.17, 15) is 13.5 Å². The van der Waals surface area contributed by atoms with E-state index in [0.717, 1.165) is 5.56 Å². The third-order valence-electron chi connectivity index (χ3n) is 3.66. The Kier molecular flexibility index (Phi) is 5.19. The van der Waals surface area contributed by atoms with Crippen LogP contribution in [0.2, 0.25) is 0 Å².